The van der Waals surface area contributed by atoms with Gasteiger partial charge in [-0.05, 0) is 36.4 Å². The summed E-state index contributed by atoms with van der Waals surface area (Å²) in [4.78, 5) is 11.3. The zero-order valence-electron chi connectivity index (χ0n) is 8.66. The molecule has 1 amide bonds. The van der Waals surface area contributed by atoms with E-state index < -0.39 is 0 Å². The fourth-order valence-corrected chi connectivity index (χ4v) is 1.48. The topological polar surface area (TPSA) is 42.2 Å². The van der Waals surface area contributed by atoms with Crippen LogP contribution in [0.2, 0.25) is 5.02 Å². The molecule has 2 aromatic rings. The average Bonchev–Trinajstić information content (AvgIpc) is 2.78. The third kappa shape index (κ3) is 2.09. The van der Waals surface area contributed by atoms with Gasteiger partial charge in [-0.15, -0.1) is 0 Å². The molecule has 1 aromatic carbocycles. The summed E-state index contributed by atoms with van der Waals surface area (Å²) < 4.78 is 5.41. The third-order valence-corrected chi connectivity index (χ3v) is 2.44. The molecule has 1 heterocycles. The van der Waals surface area contributed by atoms with E-state index in [1.807, 2.05) is 12.1 Å². The Kier molecular flexibility index (Phi) is 2.97. The lowest BCUT2D eigenvalue weighted by Gasteiger charge is -1.97. The molecule has 16 heavy (non-hydrogen) atoms. The molecule has 2 rings (SSSR count). The van der Waals surface area contributed by atoms with Gasteiger partial charge in [-0.2, -0.15) is 0 Å². The third-order valence-electron chi connectivity index (χ3n) is 2.19. The molecule has 0 aliphatic heterocycles. The summed E-state index contributed by atoms with van der Waals surface area (Å²) in [6.45, 7) is 0. The van der Waals surface area contributed by atoms with Gasteiger partial charge in [0, 0.05) is 17.6 Å². The Labute approximate surface area is 98.0 Å². The van der Waals surface area contributed by atoms with E-state index >= 15 is 0 Å². The molecule has 0 unspecified atom stereocenters. The number of amides is 1. The van der Waals surface area contributed by atoms with Crippen molar-refractivity contribution >= 4 is 17.5 Å². The number of carbonyl (C=O) groups is 1. The summed E-state index contributed by atoms with van der Waals surface area (Å²) in [5.74, 6) is 0.711. The maximum absolute atomic E-state index is 11.3. The molecule has 0 aliphatic carbocycles. The van der Waals surface area contributed by atoms with E-state index in [9.17, 15) is 4.79 Å². The SMILES string of the molecule is CNC(=O)c1ccc(-c2ccc(Cl)cc2)o1. The highest BCUT2D eigenvalue weighted by atomic mass is 35.5. The van der Waals surface area contributed by atoms with Crippen molar-refractivity contribution in [2.45, 2.75) is 0 Å². The first-order chi connectivity index (χ1) is 7.70. The van der Waals surface area contributed by atoms with Crippen LogP contribution in [0, 0.1) is 0 Å². The number of nitrogens with one attached hydrogen (secondary N) is 1. The van der Waals surface area contributed by atoms with E-state index in [2.05, 4.69) is 5.32 Å². The second-order valence-electron chi connectivity index (χ2n) is 3.25. The van der Waals surface area contributed by atoms with E-state index in [4.69, 9.17) is 16.0 Å². The minimum Gasteiger partial charge on any atom is -0.451 e. The van der Waals surface area contributed by atoms with Crippen molar-refractivity contribution in [3.05, 3.63) is 47.2 Å². The normalized spacial score (nSPS) is 10.1. The van der Waals surface area contributed by atoms with Gasteiger partial charge in [0.05, 0.1) is 0 Å². The van der Waals surface area contributed by atoms with Crippen LogP contribution in [-0.2, 0) is 0 Å². The lowest BCUT2D eigenvalue weighted by atomic mass is 10.2. The fraction of sp³-hybridized carbons (Fsp3) is 0.0833. The van der Waals surface area contributed by atoms with Crippen LogP contribution in [0.1, 0.15) is 10.6 Å². The number of halogens is 1. The number of carbonyl (C=O) groups excluding carboxylic acids is 1. The van der Waals surface area contributed by atoms with Crippen molar-refractivity contribution in [2.24, 2.45) is 0 Å². The average molecular weight is 236 g/mol. The quantitative estimate of drug-likeness (QED) is 0.870. The van der Waals surface area contributed by atoms with Crippen molar-refractivity contribution in [1.29, 1.82) is 0 Å². The molecule has 0 saturated carbocycles. The predicted octanol–water partition coefficient (Wildman–Crippen LogP) is 2.96. The standard InChI is InChI=1S/C12H10ClNO2/c1-14-12(15)11-7-6-10(16-11)8-2-4-9(13)5-3-8/h2-7H,1H3,(H,14,15). The minimum atomic E-state index is -0.236. The highest BCUT2D eigenvalue weighted by molar-refractivity contribution is 6.30. The van der Waals surface area contributed by atoms with Gasteiger partial charge < -0.3 is 9.73 Å². The van der Waals surface area contributed by atoms with Crippen molar-refractivity contribution in [2.75, 3.05) is 7.05 Å². The first-order valence-electron chi connectivity index (χ1n) is 4.78. The van der Waals surface area contributed by atoms with Crippen LogP contribution < -0.4 is 5.32 Å². The smallest absolute Gasteiger partial charge is 0.286 e. The monoisotopic (exact) mass is 235 g/mol. The van der Waals surface area contributed by atoms with Crippen LogP contribution in [0.15, 0.2) is 40.8 Å². The molecule has 3 nitrogen and oxygen atoms in total. The van der Waals surface area contributed by atoms with Gasteiger partial charge in [0.15, 0.2) is 5.76 Å². The highest BCUT2D eigenvalue weighted by Crippen LogP contribution is 2.23. The van der Waals surface area contributed by atoms with Crippen LogP contribution in [0.3, 0.4) is 0 Å². The molecule has 0 atom stereocenters. The zero-order valence-corrected chi connectivity index (χ0v) is 9.41. The molecule has 0 bridgehead atoms. The Morgan fingerprint density at radius 2 is 1.88 bits per heavy atom. The minimum absolute atomic E-state index is 0.236. The summed E-state index contributed by atoms with van der Waals surface area (Å²) >= 11 is 5.78. The molecule has 1 N–H and O–H groups in total. The first kappa shape index (κ1) is 10.8. The molecule has 0 spiro atoms. The van der Waals surface area contributed by atoms with E-state index in [0.29, 0.717) is 16.5 Å². The zero-order chi connectivity index (χ0) is 11.5. The summed E-state index contributed by atoms with van der Waals surface area (Å²) in [6.07, 6.45) is 0. The van der Waals surface area contributed by atoms with E-state index in [0.717, 1.165) is 5.56 Å². The summed E-state index contributed by atoms with van der Waals surface area (Å²) in [5, 5.41) is 3.17. The second kappa shape index (κ2) is 4.41. The molecule has 4 heteroatoms. The van der Waals surface area contributed by atoms with Gasteiger partial charge in [-0.25, -0.2) is 0 Å². The van der Waals surface area contributed by atoms with Crippen molar-refractivity contribution < 1.29 is 9.21 Å². The van der Waals surface area contributed by atoms with Gasteiger partial charge in [0.2, 0.25) is 0 Å². The van der Waals surface area contributed by atoms with Crippen LogP contribution in [-0.4, -0.2) is 13.0 Å². The number of benzene rings is 1. The number of rotatable bonds is 2. The molecule has 0 fully saturated rings. The van der Waals surface area contributed by atoms with Crippen molar-refractivity contribution in [1.82, 2.24) is 5.32 Å². The van der Waals surface area contributed by atoms with Gasteiger partial charge in [-0.1, -0.05) is 11.6 Å². The molecular formula is C12H10ClNO2. The molecule has 82 valence electrons. The molecule has 0 saturated heterocycles. The first-order valence-corrected chi connectivity index (χ1v) is 5.16. The Hall–Kier alpha value is -1.74. The molecule has 0 aliphatic rings. The van der Waals surface area contributed by atoms with Gasteiger partial charge in [-0.3, -0.25) is 4.79 Å². The maximum atomic E-state index is 11.3. The number of furan rings is 1. The Morgan fingerprint density at radius 3 is 2.50 bits per heavy atom. The van der Waals surface area contributed by atoms with Crippen LogP contribution in [0.25, 0.3) is 11.3 Å². The summed E-state index contributed by atoms with van der Waals surface area (Å²) in [6, 6.07) is 10.6. The van der Waals surface area contributed by atoms with Gasteiger partial charge in [0.1, 0.15) is 5.76 Å². The Balaban J connectivity index is 2.31. The Bertz CT molecular complexity index is 502. The predicted molar refractivity (Wildman–Crippen MR) is 62.5 cm³/mol. The second-order valence-corrected chi connectivity index (χ2v) is 3.69. The number of hydrogen-bond acceptors (Lipinski definition) is 2. The summed E-state index contributed by atoms with van der Waals surface area (Å²) in [7, 11) is 1.56. The van der Waals surface area contributed by atoms with Gasteiger partial charge in [0.25, 0.3) is 5.91 Å². The van der Waals surface area contributed by atoms with Crippen LogP contribution >= 0.6 is 11.6 Å². The van der Waals surface area contributed by atoms with E-state index in [1.54, 1.807) is 31.3 Å². The van der Waals surface area contributed by atoms with Crippen LogP contribution in [0.5, 0.6) is 0 Å². The molecule has 1 aromatic heterocycles. The van der Waals surface area contributed by atoms with E-state index in [1.165, 1.54) is 0 Å². The largest absolute Gasteiger partial charge is 0.451 e. The van der Waals surface area contributed by atoms with E-state index in [-0.39, 0.29) is 5.91 Å². The number of hydrogen-bond donors (Lipinski definition) is 1. The fourth-order valence-electron chi connectivity index (χ4n) is 1.35. The lowest BCUT2D eigenvalue weighted by Crippen LogP contribution is -2.16. The molecule has 0 radical (unpaired) electrons. The van der Waals surface area contributed by atoms with Gasteiger partial charge >= 0.3 is 0 Å². The maximum Gasteiger partial charge on any atom is 0.286 e. The molecular weight excluding hydrogens is 226 g/mol. The lowest BCUT2D eigenvalue weighted by molar-refractivity contribution is 0.0936. The highest BCUT2D eigenvalue weighted by Gasteiger charge is 2.09. The van der Waals surface area contributed by atoms with Crippen molar-refractivity contribution in [3.8, 4) is 11.3 Å². The summed E-state index contributed by atoms with van der Waals surface area (Å²) in [5.41, 5.74) is 0.888. The Morgan fingerprint density at radius 1 is 1.19 bits per heavy atom. The van der Waals surface area contributed by atoms with Crippen molar-refractivity contribution in [3.63, 3.8) is 0 Å². The van der Waals surface area contributed by atoms with Crippen LogP contribution in [0.4, 0.5) is 0 Å².